The Hall–Kier alpha value is -2.22. The van der Waals surface area contributed by atoms with Crippen LogP contribution in [0.25, 0.3) is 0 Å². The Morgan fingerprint density at radius 2 is 2.00 bits per heavy atom. The summed E-state index contributed by atoms with van der Waals surface area (Å²) >= 11 is 0. The number of nitrogens with zero attached hydrogens (tertiary/aromatic N) is 2. The van der Waals surface area contributed by atoms with Gasteiger partial charge < -0.3 is 4.74 Å². The molecule has 3 rings (SSSR count). The van der Waals surface area contributed by atoms with E-state index in [-0.39, 0.29) is 42.6 Å². The smallest absolute Gasteiger partial charge is 0.354 e. The molecular weight excluding hydrogens is 344 g/mol. The van der Waals surface area contributed by atoms with Crippen LogP contribution >= 0.6 is 0 Å². The number of carbonyl (C=O) groups excluding carboxylic acids is 2. The lowest BCUT2D eigenvalue weighted by Crippen LogP contribution is -2.42. The van der Waals surface area contributed by atoms with Crippen LogP contribution in [0.5, 0.6) is 0 Å². The number of esters is 1. The van der Waals surface area contributed by atoms with E-state index in [9.17, 15) is 18.0 Å². The normalized spacial score (nSPS) is 22.6. The van der Waals surface area contributed by atoms with Gasteiger partial charge in [0.1, 0.15) is 12.3 Å². The van der Waals surface area contributed by atoms with Gasteiger partial charge in [0, 0.05) is 12.8 Å². The standard InChI is InChI=1S/C17H20N2O5S/c1-12-2-4-13(5-3-12)10-24-17(21)15-6-7-16(20)19(18-15)14-8-9-25(22,23)11-14/h2-5,14H,6-11H2,1H3/t14-/m1/s1. The number of amides is 1. The van der Waals surface area contributed by atoms with Crippen molar-refractivity contribution in [2.75, 3.05) is 11.5 Å². The molecule has 25 heavy (non-hydrogen) atoms. The number of hydrazone groups is 1. The van der Waals surface area contributed by atoms with Crippen molar-refractivity contribution in [3.05, 3.63) is 35.4 Å². The lowest BCUT2D eigenvalue weighted by atomic mass is 10.1. The molecule has 1 aromatic rings. The quantitative estimate of drug-likeness (QED) is 0.749. The number of ether oxygens (including phenoxy) is 1. The number of carbonyl (C=O) groups is 2. The highest BCUT2D eigenvalue weighted by Gasteiger charge is 2.37. The first-order valence-corrected chi connectivity index (χ1v) is 9.99. The van der Waals surface area contributed by atoms with E-state index in [0.717, 1.165) is 16.1 Å². The van der Waals surface area contributed by atoms with Crippen LogP contribution < -0.4 is 0 Å². The molecule has 1 saturated heterocycles. The lowest BCUT2D eigenvalue weighted by Gasteiger charge is -2.27. The summed E-state index contributed by atoms with van der Waals surface area (Å²) in [6, 6.07) is 7.14. The van der Waals surface area contributed by atoms with E-state index in [1.807, 2.05) is 31.2 Å². The predicted octanol–water partition coefficient (Wildman–Crippen LogP) is 1.20. The van der Waals surface area contributed by atoms with Crippen LogP contribution in [0.3, 0.4) is 0 Å². The second-order valence-electron chi connectivity index (χ2n) is 6.40. The van der Waals surface area contributed by atoms with E-state index >= 15 is 0 Å². The number of aryl methyl sites for hydroxylation is 1. The molecule has 0 aliphatic carbocycles. The molecule has 7 nitrogen and oxygen atoms in total. The third kappa shape index (κ3) is 4.25. The van der Waals surface area contributed by atoms with Crippen molar-refractivity contribution in [2.45, 2.75) is 38.8 Å². The molecule has 1 fully saturated rings. The highest BCUT2D eigenvalue weighted by Crippen LogP contribution is 2.22. The van der Waals surface area contributed by atoms with E-state index in [2.05, 4.69) is 5.10 Å². The van der Waals surface area contributed by atoms with E-state index in [0.29, 0.717) is 6.42 Å². The average molecular weight is 364 g/mol. The van der Waals surface area contributed by atoms with Gasteiger partial charge in [0.15, 0.2) is 9.84 Å². The largest absolute Gasteiger partial charge is 0.456 e. The number of rotatable bonds is 4. The summed E-state index contributed by atoms with van der Waals surface area (Å²) in [6.07, 6.45) is 0.694. The van der Waals surface area contributed by atoms with E-state index in [1.165, 1.54) is 0 Å². The van der Waals surface area contributed by atoms with Crippen molar-refractivity contribution in [2.24, 2.45) is 5.10 Å². The fraction of sp³-hybridized carbons (Fsp3) is 0.471. The molecule has 2 aliphatic heterocycles. The summed E-state index contributed by atoms with van der Waals surface area (Å²) in [6.45, 7) is 2.10. The third-order valence-electron chi connectivity index (χ3n) is 4.34. The van der Waals surface area contributed by atoms with Crippen molar-refractivity contribution in [1.29, 1.82) is 0 Å². The Balaban J connectivity index is 1.66. The minimum atomic E-state index is -3.14. The van der Waals surface area contributed by atoms with Gasteiger partial charge in [0.05, 0.1) is 17.5 Å². The summed E-state index contributed by atoms with van der Waals surface area (Å²) in [5, 5.41) is 5.26. The van der Waals surface area contributed by atoms with Gasteiger partial charge in [-0.3, -0.25) is 4.79 Å². The van der Waals surface area contributed by atoms with Crippen molar-refractivity contribution in [3.63, 3.8) is 0 Å². The first kappa shape index (κ1) is 17.6. The number of sulfone groups is 1. The fourth-order valence-electron chi connectivity index (χ4n) is 2.89. The van der Waals surface area contributed by atoms with E-state index in [1.54, 1.807) is 0 Å². The molecule has 134 valence electrons. The van der Waals surface area contributed by atoms with Gasteiger partial charge in [-0.2, -0.15) is 5.10 Å². The molecule has 1 aromatic carbocycles. The molecule has 0 saturated carbocycles. The lowest BCUT2D eigenvalue weighted by molar-refractivity contribution is -0.138. The maximum Gasteiger partial charge on any atom is 0.354 e. The summed E-state index contributed by atoms with van der Waals surface area (Å²) in [4.78, 5) is 24.3. The number of benzene rings is 1. The van der Waals surface area contributed by atoms with Crippen LogP contribution in [-0.2, 0) is 30.8 Å². The van der Waals surface area contributed by atoms with Gasteiger partial charge in [-0.05, 0) is 18.9 Å². The van der Waals surface area contributed by atoms with Crippen LogP contribution in [0.4, 0.5) is 0 Å². The third-order valence-corrected chi connectivity index (χ3v) is 6.09. The molecular formula is C17H20N2O5S. The van der Waals surface area contributed by atoms with Crippen LogP contribution in [-0.4, -0.2) is 48.6 Å². The second-order valence-corrected chi connectivity index (χ2v) is 8.63. The zero-order valence-corrected chi connectivity index (χ0v) is 14.8. The van der Waals surface area contributed by atoms with Crippen molar-refractivity contribution in [3.8, 4) is 0 Å². The number of hydrogen-bond donors (Lipinski definition) is 0. The van der Waals surface area contributed by atoms with Crippen molar-refractivity contribution >= 4 is 27.4 Å². The van der Waals surface area contributed by atoms with Gasteiger partial charge in [-0.15, -0.1) is 0 Å². The molecule has 0 bridgehead atoms. The molecule has 0 radical (unpaired) electrons. The summed E-state index contributed by atoms with van der Waals surface area (Å²) in [7, 11) is -3.14. The Morgan fingerprint density at radius 3 is 2.64 bits per heavy atom. The number of hydrogen-bond acceptors (Lipinski definition) is 6. The van der Waals surface area contributed by atoms with Gasteiger partial charge in [0.25, 0.3) is 0 Å². The van der Waals surface area contributed by atoms with Crippen molar-refractivity contribution < 1.29 is 22.7 Å². The first-order valence-electron chi connectivity index (χ1n) is 8.17. The molecule has 0 spiro atoms. The second kappa shape index (κ2) is 6.95. The Labute approximate surface area is 146 Å². The van der Waals surface area contributed by atoms with Crippen LogP contribution in [0.1, 0.15) is 30.4 Å². The molecule has 8 heteroatoms. The SMILES string of the molecule is Cc1ccc(COC(=O)C2=NN([C@@H]3CCS(=O)(=O)C3)C(=O)CC2)cc1. The van der Waals surface area contributed by atoms with Gasteiger partial charge >= 0.3 is 5.97 Å². The van der Waals surface area contributed by atoms with Crippen LogP contribution in [0.15, 0.2) is 29.4 Å². The zero-order valence-electron chi connectivity index (χ0n) is 14.0. The zero-order chi connectivity index (χ0) is 18.0. The Bertz CT molecular complexity index is 814. The fourth-order valence-corrected chi connectivity index (χ4v) is 4.58. The minimum Gasteiger partial charge on any atom is -0.456 e. The van der Waals surface area contributed by atoms with E-state index in [4.69, 9.17) is 4.74 Å². The van der Waals surface area contributed by atoms with Gasteiger partial charge in [0.2, 0.25) is 5.91 Å². The highest BCUT2D eigenvalue weighted by atomic mass is 32.2. The summed E-state index contributed by atoms with van der Waals surface area (Å²) in [5.41, 5.74) is 2.15. The molecule has 2 aliphatic rings. The summed E-state index contributed by atoms with van der Waals surface area (Å²) in [5.74, 6) is -0.880. The average Bonchev–Trinajstić information content (AvgIpc) is 2.94. The Kier molecular flexibility index (Phi) is 4.89. The molecule has 1 atom stereocenters. The molecule has 0 unspecified atom stereocenters. The first-order chi connectivity index (χ1) is 11.8. The molecule has 2 heterocycles. The van der Waals surface area contributed by atoms with E-state index < -0.39 is 21.8 Å². The Morgan fingerprint density at radius 1 is 1.28 bits per heavy atom. The molecule has 1 amide bonds. The minimum absolute atomic E-state index is 0.0458. The van der Waals surface area contributed by atoms with Gasteiger partial charge in [-0.25, -0.2) is 18.2 Å². The molecule has 0 N–H and O–H groups in total. The van der Waals surface area contributed by atoms with Crippen LogP contribution in [0.2, 0.25) is 0 Å². The van der Waals surface area contributed by atoms with Gasteiger partial charge in [-0.1, -0.05) is 29.8 Å². The van der Waals surface area contributed by atoms with Crippen LogP contribution in [0, 0.1) is 6.92 Å². The monoisotopic (exact) mass is 364 g/mol. The molecule has 0 aromatic heterocycles. The van der Waals surface area contributed by atoms with Crippen molar-refractivity contribution in [1.82, 2.24) is 5.01 Å². The summed E-state index contributed by atoms with van der Waals surface area (Å²) < 4.78 is 28.5. The maximum absolute atomic E-state index is 12.2. The highest BCUT2D eigenvalue weighted by molar-refractivity contribution is 7.91. The topological polar surface area (TPSA) is 93.1 Å². The maximum atomic E-state index is 12.2. The predicted molar refractivity (Wildman–Crippen MR) is 91.5 cm³/mol.